The van der Waals surface area contributed by atoms with Crippen molar-refractivity contribution in [2.75, 3.05) is 24.4 Å². The van der Waals surface area contributed by atoms with Crippen molar-refractivity contribution in [2.24, 2.45) is 0 Å². The molecule has 5 heterocycles. The normalized spacial score (nSPS) is 26.8. The number of imidazole rings is 1. The molecule has 0 radical (unpaired) electrons. The number of pyridine rings is 1. The number of nitrogens with zero attached hydrogens (tertiary/aromatic N) is 6. The molecule has 10 nitrogen and oxygen atoms in total. The maximum Gasteiger partial charge on any atom is 0.226 e. The zero-order chi connectivity index (χ0) is 22.9. The molecule has 0 bridgehead atoms. The fourth-order valence-electron chi connectivity index (χ4n) is 4.06. The first kappa shape index (κ1) is 23.0. The number of aromatic nitrogens is 5. The van der Waals surface area contributed by atoms with Crippen molar-refractivity contribution in [1.82, 2.24) is 29.5 Å². The van der Waals surface area contributed by atoms with E-state index >= 15 is 0 Å². The first-order chi connectivity index (χ1) is 16.0. The molecule has 33 heavy (non-hydrogen) atoms. The van der Waals surface area contributed by atoms with E-state index in [1.54, 1.807) is 16.3 Å². The Hall–Kier alpha value is -1.73. The number of aliphatic hydroxyl groups excluding tert-OH is 2. The second kappa shape index (κ2) is 9.87. The molecule has 176 valence electrons. The van der Waals surface area contributed by atoms with Crippen LogP contribution in [0.4, 0.5) is 5.82 Å². The van der Waals surface area contributed by atoms with Gasteiger partial charge in [0.25, 0.3) is 0 Å². The van der Waals surface area contributed by atoms with Gasteiger partial charge in [-0.25, -0.2) is 15.0 Å². The summed E-state index contributed by atoms with van der Waals surface area (Å²) in [5.74, 6) is 0.528. The van der Waals surface area contributed by atoms with Crippen LogP contribution < -0.4 is 5.43 Å². The predicted octanol–water partition coefficient (Wildman–Crippen LogP) is 2.32. The fourth-order valence-corrected chi connectivity index (χ4v) is 5.55. The summed E-state index contributed by atoms with van der Waals surface area (Å²) in [5, 5.41) is 24.2. The summed E-state index contributed by atoms with van der Waals surface area (Å²) in [7, 11) is 0. The summed E-state index contributed by atoms with van der Waals surface area (Å²) in [6.45, 7) is 1.64. The number of halogens is 2. The van der Waals surface area contributed by atoms with Gasteiger partial charge in [0.1, 0.15) is 18.3 Å². The molecule has 0 aliphatic carbocycles. The topological polar surface area (TPSA) is 121 Å². The van der Waals surface area contributed by atoms with Gasteiger partial charge in [-0.2, -0.15) is 9.97 Å². The molecule has 2 fully saturated rings. The fraction of sp³-hybridized carbons (Fsp3) is 0.500. The molecule has 3 N–H and O–H groups in total. The molecule has 0 spiro atoms. The van der Waals surface area contributed by atoms with Crippen molar-refractivity contribution in [3.8, 4) is 0 Å². The van der Waals surface area contributed by atoms with E-state index in [0.29, 0.717) is 22.2 Å². The quantitative estimate of drug-likeness (QED) is 0.335. The van der Waals surface area contributed by atoms with Crippen LogP contribution >= 0.6 is 35.0 Å². The highest BCUT2D eigenvalue weighted by Crippen LogP contribution is 2.34. The Morgan fingerprint density at radius 1 is 1.15 bits per heavy atom. The average molecular weight is 512 g/mol. The van der Waals surface area contributed by atoms with Gasteiger partial charge in [0, 0.05) is 24.5 Å². The number of aliphatic hydroxyl groups is 2. The van der Waals surface area contributed by atoms with Crippen LogP contribution in [0.5, 0.6) is 0 Å². The number of thioether (sulfide) groups is 1. The lowest BCUT2D eigenvalue weighted by molar-refractivity contribution is -0.0291. The summed E-state index contributed by atoms with van der Waals surface area (Å²) in [4.78, 5) is 17.4. The van der Waals surface area contributed by atoms with Crippen LogP contribution in [0.2, 0.25) is 5.28 Å². The van der Waals surface area contributed by atoms with Crippen molar-refractivity contribution < 1.29 is 14.9 Å². The van der Waals surface area contributed by atoms with Crippen LogP contribution in [0.25, 0.3) is 11.2 Å². The van der Waals surface area contributed by atoms with Crippen LogP contribution in [0.3, 0.4) is 0 Å². The minimum absolute atomic E-state index is 0.0364. The van der Waals surface area contributed by atoms with Gasteiger partial charge < -0.3 is 20.4 Å². The number of hydrogen-bond acceptors (Lipinski definition) is 10. The van der Waals surface area contributed by atoms with Crippen LogP contribution in [0, 0.1) is 0 Å². The van der Waals surface area contributed by atoms with Crippen molar-refractivity contribution in [3.63, 3.8) is 0 Å². The maximum absolute atomic E-state index is 10.4. The molecule has 5 rings (SSSR count). The number of fused-ring (bicyclic) bond motifs is 1. The van der Waals surface area contributed by atoms with Gasteiger partial charge in [-0.1, -0.05) is 6.07 Å². The molecule has 0 saturated carbocycles. The summed E-state index contributed by atoms with van der Waals surface area (Å²) in [5.41, 5.74) is 4.20. The summed E-state index contributed by atoms with van der Waals surface area (Å²) < 4.78 is 7.27. The van der Waals surface area contributed by atoms with Gasteiger partial charge in [-0.15, -0.1) is 23.4 Å². The molecule has 4 atom stereocenters. The highest BCUT2D eigenvalue weighted by Gasteiger charge is 2.44. The lowest BCUT2D eigenvalue weighted by Crippen LogP contribution is -2.39. The second-order valence-electron chi connectivity index (χ2n) is 7.95. The Balaban J connectivity index is 1.30. The number of nitrogens with one attached hydrogen (secondary N) is 1. The van der Waals surface area contributed by atoms with Crippen molar-refractivity contribution >= 4 is 51.9 Å². The van der Waals surface area contributed by atoms with E-state index in [2.05, 4.69) is 30.4 Å². The molecule has 2 saturated heterocycles. The van der Waals surface area contributed by atoms with Gasteiger partial charge >= 0.3 is 0 Å². The molecule has 2 aliphatic rings. The van der Waals surface area contributed by atoms with Crippen LogP contribution in [0.15, 0.2) is 35.7 Å². The van der Waals surface area contributed by atoms with E-state index in [1.165, 1.54) is 6.33 Å². The first-order valence-corrected chi connectivity index (χ1v) is 12.4. The Morgan fingerprint density at radius 3 is 2.67 bits per heavy atom. The van der Waals surface area contributed by atoms with Crippen molar-refractivity contribution in [1.29, 1.82) is 0 Å². The number of ether oxygens (including phenoxy) is 1. The summed E-state index contributed by atoms with van der Waals surface area (Å²) >= 11 is 13.8. The highest BCUT2D eigenvalue weighted by molar-refractivity contribution is 7.99. The molecule has 0 amide bonds. The van der Waals surface area contributed by atoms with E-state index < -0.39 is 24.5 Å². The third kappa shape index (κ3) is 4.76. The van der Waals surface area contributed by atoms with Crippen molar-refractivity contribution in [3.05, 3.63) is 36.0 Å². The van der Waals surface area contributed by atoms with Crippen molar-refractivity contribution in [2.45, 2.75) is 47.7 Å². The number of hydrogen-bond donors (Lipinski definition) is 3. The largest absolute Gasteiger partial charge is 0.387 e. The van der Waals surface area contributed by atoms with E-state index in [1.807, 2.05) is 24.4 Å². The molecule has 3 aromatic rings. The van der Waals surface area contributed by atoms with E-state index in [4.69, 9.17) is 27.9 Å². The standard InChI is InChI=1S/C20H23Cl2N7O3S/c21-9-12-15(30)16(31)19(32-12)29-10-24-14-17(25-20(22)26-18(14)29)27-28-7-4-11(5-8-28)33-13-3-1-2-6-23-13/h1-3,6,10-12,15-16,19,30-31H,4-5,7-9H2,(H,25,26,27)/t12-,15?,16?,19-/m1/s1. The molecule has 3 aromatic heterocycles. The van der Waals surface area contributed by atoms with Crippen LogP contribution in [-0.2, 0) is 4.74 Å². The zero-order valence-corrected chi connectivity index (χ0v) is 19.8. The number of rotatable bonds is 6. The number of anilines is 1. The Morgan fingerprint density at radius 2 is 1.97 bits per heavy atom. The van der Waals surface area contributed by atoms with Crippen LogP contribution in [0.1, 0.15) is 19.1 Å². The number of alkyl halides is 1. The minimum atomic E-state index is -1.17. The van der Waals surface area contributed by atoms with E-state index in [-0.39, 0.29) is 11.2 Å². The Kier molecular flexibility index (Phi) is 6.89. The second-order valence-corrected chi connectivity index (χ2v) is 9.92. The Labute approximate surface area is 204 Å². The van der Waals surface area contributed by atoms with Crippen LogP contribution in [-0.4, -0.2) is 82.3 Å². The summed E-state index contributed by atoms with van der Waals surface area (Å²) in [6, 6.07) is 5.95. The third-order valence-electron chi connectivity index (χ3n) is 5.79. The molecular formula is C20H23Cl2N7O3S. The Bertz CT molecular complexity index is 1100. The van der Waals surface area contributed by atoms with Gasteiger partial charge in [0.2, 0.25) is 5.28 Å². The molecular weight excluding hydrogens is 489 g/mol. The average Bonchev–Trinajstić information content (AvgIpc) is 3.36. The molecule has 2 unspecified atom stereocenters. The summed E-state index contributed by atoms with van der Waals surface area (Å²) in [6.07, 6.45) is 1.44. The highest BCUT2D eigenvalue weighted by atomic mass is 35.5. The van der Waals surface area contributed by atoms with Gasteiger partial charge in [0.05, 0.1) is 17.2 Å². The SMILES string of the molecule is OC1C(O)[C@@H](CCl)O[C@H]1n1cnc2c(NN3CCC(Sc4ccccn4)CC3)nc(Cl)nc21. The lowest BCUT2D eigenvalue weighted by atomic mass is 10.1. The lowest BCUT2D eigenvalue weighted by Gasteiger charge is -2.31. The zero-order valence-electron chi connectivity index (χ0n) is 17.5. The van der Waals surface area contributed by atoms with Gasteiger partial charge in [-0.3, -0.25) is 4.57 Å². The first-order valence-electron chi connectivity index (χ1n) is 10.6. The molecule has 2 aliphatic heterocycles. The third-order valence-corrected chi connectivity index (χ3v) is 7.55. The van der Waals surface area contributed by atoms with Gasteiger partial charge in [-0.05, 0) is 36.6 Å². The number of piperidine rings is 1. The smallest absolute Gasteiger partial charge is 0.226 e. The minimum Gasteiger partial charge on any atom is -0.387 e. The monoisotopic (exact) mass is 511 g/mol. The number of hydrazine groups is 1. The van der Waals surface area contributed by atoms with Gasteiger partial charge in [0.15, 0.2) is 23.2 Å². The predicted molar refractivity (Wildman–Crippen MR) is 125 cm³/mol. The molecule has 13 heteroatoms. The maximum atomic E-state index is 10.4. The van der Waals surface area contributed by atoms with E-state index in [9.17, 15) is 10.2 Å². The van der Waals surface area contributed by atoms with E-state index in [0.717, 1.165) is 31.0 Å². The molecule has 0 aromatic carbocycles.